The van der Waals surface area contributed by atoms with Crippen molar-refractivity contribution < 1.29 is 0 Å². The Balaban J connectivity index is 2.15. The van der Waals surface area contributed by atoms with Crippen LogP contribution < -0.4 is 11.1 Å². The molecule has 3 nitrogen and oxygen atoms in total. The number of anilines is 1. The first-order valence-electron chi connectivity index (χ1n) is 3.27. The highest BCUT2D eigenvalue weighted by Gasteiger charge is 1.89. The van der Waals surface area contributed by atoms with Gasteiger partial charge in [0.2, 0.25) is 0 Å². The molecule has 56 valence electrons. The van der Waals surface area contributed by atoms with Crippen LogP contribution in [-0.2, 0) is 0 Å². The van der Waals surface area contributed by atoms with E-state index in [2.05, 4.69) is 9.69 Å². The van der Waals surface area contributed by atoms with Gasteiger partial charge < -0.3 is 11.1 Å². The normalized spacial score (nSPS) is 9.70. The number of hydrogen-bond donors (Lipinski definition) is 2. The molecule has 0 radical (unpaired) electrons. The Kier molecular flexibility index (Phi) is 3.18. The van der Waals surface area contributed by atoms with E-state index in [4.69, 9.17) is 5.73 Å². The lowest BCUT2D eigenvalue weighted by atomic mass is 10.4. The second kappa shape index (κ2) is 4.24. The van der Waals surface area contributed by atoms with Gasteiger partial charge in [-0.2, -0.15) is 4.37 Å². The minimum Gasteiger partial charge on any atom is -0.383 e. The second-order valence-electron chi connectivity index (χ2n) is 1.98. The first kappa shape index (κ1) is 7.50. The highest BCUT2D eigenvalue weighted by molar-refractivity contribution is 7.04. The summed E-state index contributed by atoms with van der Waals surface area (Å²) in [5.74, 6) is 0. The van der Waals surface area contributed by atoms with Gasteiger partial charge in [0.15, 0.2) is 0 Å². The molecule has 1 heterocycles. The van der Waals surface area contributed by atoms with Crippen molar-refractivity contribution in [1.82, 2.24) is 4.37 Å². The van der Waals surface area contributed by atoms with Crippen LogP contribution in [0.5, 0.6) is 0 Å². The minimum absolute atomic E-state index is 0.741. The van der Waals surface area contributed by atoms with Crippen molar-refractivity contribution in [3.05, 3.63) is 11.6 Å². The molecule has 1 aromatic heterocycles. The van der Waals surface area contributed by atoms with Gasteiger partial charge in [0.1, 0.15) is 0 Å². The Morgan fingerprint density at radius 1 is 1.70 bits per heavy atom. The molecule has 0 aromatic carbocycles. The Morgan fingerprint density at radius 2 is 2.60 bits per heavy atom. The summed E-state index contributed by atoms with van der Waals surface area (Å²) in [6, 6.07) is 0. The molecule has 0 fully saturated rings. The van der Waals surface area contributed by atoms with E-state index in [1.54, 1.807) is 0 Å². The maximum Gasteiger partial charge on any atom is 0.0652 e. The zero-order valence-corrected chi connectivity index (χ0v) is 6.53. The highest BCUT2D eigenvalue weighted by atomic mass is 32.1. The third kappa shape index (κ3) is 2.33. The SMILES string of the molecule is NCCCNc1cnsc1. The third-order valence-corrected chi connectivity index (χ3v) is 1.73. The number of rotatable bonds is 4. The molecule has 0 bridgehead atoms. The van der Waals surface area contributed by atoms with Crippen molar-refractivity contribution in [3.8, 4) is 0 Å². The summed E-state index contributed by atoms with van der Waals surface area (Å²) in [6.45, 7) is 1.68. The van der Waals surface area contributed by atoms with Crippen molar-refractivity contribution in [1.29, 1.82) is 0 Å². The molecule has 0 aliphatic rings. The van der Waals surface area contributed by atoms with Gasteiger partial charge in [0.25, 0.3) is 0 Å². The van der Waals surface area contributed by atoms with Gasteiger partial charge in [-0.15, -0.1) is 0 Å². The number of hydrogen-bond acceptors (Lipinski definition) is 4. The zero-order valence-electron chi connectivity index (χ0n) is 5.71. The average Bonchev–Trinajstić information content (AvgIpc) is 2.41. The first-order chi connectivity index (χ1) is 4.93. The summed E-state index contributed by atoms with van der Waals surface area (Å²) in [7, 11) is 0. The molecule has 4 heteroatoms. The van der Waals surface area contributed by atoms with E-state index in [1.807, 2.05) is 11.6 Å². The molecule has 3 N–H and O–H groups in total. The second-order valence-corrected chi connectivity index (χ2v) is 2.64. The number of nitrogens with one attached hydrogen (secondary N) is 1. The quantitative estimate of drug-likeness (QED) is 0.638. The Bertz CT molecular complexity index is 162. The Labute approximate surface area is 64.4 Å². The van der Waals surface area contributed by atoms with Crippen LogP contribution in [0.15, 0.2) is 11.6 Å². The summed E-state index contributed by atoms with van der Waals surface area (Å²) in [6.07, 6.45) is 2.83. The largest absolute Gasteiger partial charge is 0.383 e. The van der Waals surface area contributed by atoms with E-state index in [1.165, 1.54) is 11.5 Å². The van der Waals surface area contributed by atoms with Crippen LogP contribution >= 0.6 is 11.5 Å². The van der Waals surface area contributed by atoms with Gasteiger partial charge in [0.05, 0.1) is 11.9 Å². The molecule has 0 aliphatic heterocycles. The Hall–Kier alpha value is -0.610. The summed E-state index contributed by atoms with van der Waals surface area (Å²) in [5, 5.41) is 5.18. The predicted octanol–water partition coefficient (Wildman–Crippen LogP) is 0.904. The topological polar surface area (TPSA) is 50.9 Å². The van der Waals surface area contributed by atoms with Crippen molar-refractivity contribution in [2.24, 2.45) is 5.73 Å². The molecule has 0 unspecified atom stereocenters. The highest BCUT2D eigenvalue weighted by Crippen LogP contribution is 2.06. The molecule has 0 saturated carbocycles. The standard InChI is InChI=1S/C6H11N3S/c7-2-1-3-8-6-4-9-10-5-6/h4-5,8H,1-3,7H2. The van der Waals surface area contributed by atoms with E-state index < -0.39 is 0 Å². The van der Waals surface area contributed by atoms with Crippen LogP contribution in [0.3, 0.4) is 0 Å². The van der Waals surface area contributed by atoms with E-state index in [0.29, 0.717) is 0 Å². The van der Waals surface area contributed by atoms with Gasteiger partial charge in [0, 0.05) is 11.9 Å². The van der Waals surface area contributed by atoms with Crippen molar-refractivity contribution in [2.45, 2.75) is 6.42 Å². The number of nitrogens with zero attached hydrogens (tertiary/aromatic N) is 1. The van der Waals surface area contributed by atoms with Crippen LogP contribution in [0.4, 0.5) is 5.69 Å². The van der Waals surface area contributed by atoms with Crippen LogP contribution in [-0.4, -0.2) is 17.5 Å². The van der Waals surface area contributed by atoms with Crippen molar-refractivity contribution in [3.63, 3.8) is 0 Å². The lowest BCUT2D eigenvalue weighted by molar-refractivity contribution is 0.874. The number of nitrogens with two attached hydrogens (primary N) is 1. The Morgan fingerprint density at radius 3 is 3.20 bits per heavy atom. The van der Waals surface area contributed by atoms with Gasteiger partial charge in [-0.05, 0) is 24.5 Å². The summed E-state index contributed by atoms with van der Waals surface area (Å²) in [4.78, 5) is 0. The lowest BCUT2D eigenvalue weighted by Gasteiger charge is -1.99. The maximum atomic E-state index is 5.31. The molecular formula is C6H11N3S. The predicted molar refractivity (Wildman–Crippen MR) is 44.3 cm³/mol. The number of aromatic nitrogens is 1. The maximum absolute atomic E-state index is 5.31. The van der Waals surface area contributed by atoms with Gasteiger partial charge in [-0.1, -0.05) is 0 Å². The van der Waals surface area contributed by atoms with E-state index >= 15 is 0 Å². The van der Waals surface area contributed by atoms with Crippen LogP contribution in [0.25, 0.3) is 0 Å². The van der Waals surface area contributed by atoms with E-state index in [0.717, 1.165) is 25.2 Å². The smallest absolute Gasteiger partial charge is 0.0652 e. The third-order valence-electron chi connectivity index (χ3n) is 1.14. The van der Waals surface area contributed by atoms with Crippen molar-refractivity contribution in [2.75, 3.05) is 18.4 Å². The minimum atomic E-state index is 0.741. The molecule has 10 heavy (non-hydrogen) atoms. The molecule has 0 saturated heterocycles. The molecule has 0 spiro atoms. The molecule has 0 atom stereocenters. The summed E-state index contributed by atoms with van der Waals surface area (Å²) in [5.41, 5.74) is 6.41. The van der Waals surface area contributed by atoms with Crippen LogP contribution in [0.2, 0.25) is 0 Å². The van der Waals surface area contributed by atoms with Gasteiger partial charge >= 0.3 is 0 Å². The van der Waals surface area contributed by atoms with Crippen LogP contribution in [0.1, 0.15) is 6.42 Å². The average molecular weight is 157 g/mol. The first-order valence-corrected chi connectivity index (χ1v) is 4.10. The lowest BCUT2D eigenvalue weighted by Crippen LogP contribution is -2.07. The van der Waals surface area contributed by atoms with E-state index in [9.17, 15) is 0 Å². The molecule has 1 aromatic rings. The van der Waals surface area contributed by atoms with Crippen LogP contribution in [0, 0.1) is 0 Å². The van der Waals surface area contributed by atoms with Gasteiger partial charge in [-0.25, -0.2) is 0 Å². The fraction of sp³-hybridized carbons (Fsp3) is 0.500. The molecule has 1 rings (SSSR count). The van der Waals surface area contributed by atoms with Gasteiger partial charge in [-0.3, -0.25) is 0 Å². The molecule has 0 aliphatic carbocycles. The monoisotopic (exact) mass is 157 g/mol. The fourth-order valence-electron chi connectivity index (χ4n) is 0.627. The fourth-order valence-corrected chi connectivity index (χ4v) is 1.12. The van der Waals surface area contributed by atoms with E-state index in [-0.39, 0.29) is 0 Å². The summed E-state index contributed by atoms with van der Waals surface area (Å²) < 4.78 is 3.95. The molecular weight excluding hydrogens is 146 g/mol. The van der Waals surface area contributed by atoms with Crippen molar-refractivity contribution >= 4 is 17.2 Å². The molecule has 0 amide bonds. The summed E-state index contributed by atoms with van der Waals surface area (Å²) >= 11 is 1.45. The zero-order chi connectivity index (χ0) is 7.23.